The fourth-order valence-electron chi connectivity index (χ4n) is 1.15. The van der Waals surface area contributed by atoms with Gasteiger partial charge < -0.3 is 4.74 Å². The summed E-state index contributed by atoms with van der Waals surface area (Å²) in [7, 11) is 0. The number of nitro groups is 1. The molecule has 0 aliphatic rings. The van der Waals surface area contributed by atoms with Gasteiger partial charge in [0.05, 0.1) is 15.5 Å². The molecule has 8 heteroatoms. The summed E-state index contributed by atoms with van der Waals surface area (Å²) in [4.78, 5) is 10.1. The van der Waals surface area contributed by atoms with Crippen LogP contribution in [0.5, 0.6) is 11.6 Å². The lowest BCUT2D eigenvalue weighted by Gasteiger charge is -2.05. The number of nitrogens with zero attached hydrogens (tertiary/aromatic N) is 3. The SMILES string of the molecule is O=[N+]([O-])c1ccc(Br)c(Oc2ccc(Cl)nn2)c1. The standard InChI is InChI=1S/C10H5BrClN3O3/c11-7-2-1-6(15(16)17)5-8(7)18-10-4-3-9(12)13-14-10/h1-5H. The molecule has 0 spiro atoms. The highest BCUT2D eigenvalue weighted by atomic mass is 79.9. The van der Waals surface area contributed by atoms with Crippen molar-refractivity contribution in [3.63, 3.8) is 0 Å². The minimum atomic E-state index is -0.507. The van der Waals surface area contributed by atoms with Crippen LogP contribution in [0.2, 0.25) is 5.15 Å². The van der Waals surface area contributed by atoms with Crippen LogP contribution in [0.15, 0.2) is 34.8 Å². The Hall–Kier alpha value is -1.73. The second-order valence-corrected chi connectivity index (χ2v) is 4.41. The Labute approximate surface area is 115 Å². The largest absolute Gasteiger partial charge is 0.436 e. The zero-order valence-electron chi connectivity index (χ0n) is 8.71. The van der Waals surface area contributed by atoms with E-state index in [1.54, 1.807) is 0 Å². The van der Waals surface area contributed by atoms with Gasteiger partial charge in [0.2, 0.25) is 5.88 Å². The Balaban J connectivity index is 2.30. The summed E-state index contributed by atoms with van der Waals surface area (Å²) in [5.41, 5.74) is -0.0740. The average molecular weight is 331 g/mol. The molecule has 0 fully saturated rings. The predicted octanol–water partition coefficient (Wildman–Crippen LogP) is 3.59. The van der Waals surface area contributed by atoms with Crippen LogP contribution in [0.3, 0.4) is 0 Å². The van der Waals surface area contributed by atoms with Crippen LogP contribution in [-0.2, 0) is 0 Å². The van der Waals surface area contributed by atoms with Crippen molar-refractivity contribution in [2.75, 3.05) is 0 Å². The number of benzene rings is 1. The lowest BCUT2D eigenvalue weighted by molar-refractivity contribution is -0.384. The van der Waals surface area contributed by atoms with Gasteiger partial charge in [-0.15, -0.1) is 10.2 Å². The van der Waals surface area contributed by atoms with Crippen molar-refractivity contribution in [3.05, 3.63) is 50.1 Å². The van der Waals surface area contributed by atoms with Crippen molar-refractivity contribution in [3.8, 4) is 11.6 Å². The maximum absolute atomic E-state index is 10.7. The molecule has 92 valence electrons. The molecule has 1 aromatic heterocycles. The van der Waals surface area contributed by atoms with Gasteiger partial charge >= 0.3 is 0 Å². The Morgan fingerprint density at radius 2 is 2.06 bits per heavy atom. The molecule has 0 atom stereocenters. The third kappa shape index (κ3) is 2.93. The van der Waals surface area contributed by atoms with Gasteiger partial charge in [-0.05, 0) is 28.1 Å². The van der Waals surface area contributed by atoms with E-state index in [-0.39, 0.29) is 22.5 Å². The van der Waals surface area contributed by atoms with Crippen LogP contribution in [0.25, 0.3) is 0 Å². The van der Waals surface area contributed by atoms with Crippen molar-refractivity contribution in [2.24, 2.45) is 0 Å². The van der Waals surface area contributed by atoms with E-state index in [1.165, 1.54) is 30.3 Å². The smallest absolute Gasteiger partial charge is 0.273 e. The highest BCUT2D eigenvalue weighted by Gasteiger charge is 2.11. The fourth-order valence-corrected chi connectivity index (χ4v) is 1.58. The van der Waals surface area contributed by atoms with Crippen molar-refractivity contribution in [1.29, 1.82) is 0 Å². The van der Waals surface area contributed by atoms with E-state index < -0.39 is 4.92 Å². The van der Waals surface area contributed by atoms with Crippen molar-refractivity contribution in [1.82, 2.24) is 10.2 Å². The highest BCUT2D eigenvalue weighted by Crippen LogP contribution is 2.32. The Morgan fingerprint density at radius 1 is 1.28 bits per heavy atom. The molecule has 2 aromatic rings. The summed E-state index contributed by atoms with van der Waals surface area (Å²) in [6.45, 7) is 0. The normalized spacial score (nSPS) is 10.1. The molecule has 1 heterocycles. The second-order valence-electron chi connectivity index (χ2n) is 3.17. The first-order valence-corrected chi connectivity index (χ1v) is 5.84. The van der Waals surface area contributed by atoms with E-state index in [2.05, 4.69) is 26.1 Å². The zero-order valence-corrected chi connectivity index (χ0v) is 11.1. The molecule has 0 bridgehead atoms. The molecule has 0 unspecified atom stereocenters. The maximum Gasteiger partial charge on any atom is 0.273 e. The van der Waals surface area contributed by atoms with Crippen LogP contribution in [0, 0.1) is 10.1 Å². The van der Waals surface area contributed by atoms with Gasteiger partial charge in [-0.3, -0.25) is 10.1 Å². The molecule has 0 N–H and O–H groups in total. The molecule has 0 aliphatic heterocycles. The van der Waals surface area contributed by atoms with Gasteiger partial charge in [0.1, 0.15) is 0 Å². The van der Waals surface area contributed by atoms with E-state index in [0.29, 0.717) is 4.47 Å². The summed E-state index contributed by atoms with van der Waals surface area (Å²) in [5.74, 6) is 0.474. The van der Waals surface area contributed by atoms with Crippen molar-refractivity contribution in [2.45, 2.75) is 0 Å². The molecule has 0 saturated heterocycles. The topological polar surface area (TPSA) is 78.2 Å². The molecule has 0 radical (unpaired) electrons. The molecule has 1 aromatic carbocycles. The third-order valence-corrected chi connectivity index (χ3v) is 2.80. The first kappa shape index (κ1) is 12.7. The predicted molar refractivity (Wildman–Crippen MR) is 67.9 cm³/mol. The van der Waals surface area contributed by atoms with E-state index in [4.69, 9.17) is 16.3 Å². The number of halogens is 2. The highest BCUT2D eigenvalue weighted by molar-refractivity contribution is 9.10. The van der Waals surface area contributed by atoms with Gasteiger partial charge in [0.25, 0.3) is 5.69 Å². The first-order valence-electron chi connectivity index (χ1n) is 4.67. The fraction of sp³-hybridized carbons (Fsp3) is 0. The minimum absolute atomic E-state index is 0.0740. The van der Waals surface area contributed by atoms with E-state index in [1.807, 2.05) is 0 Å². The van der Waals surface area contributed by atoms with Crippen LogP contribution < -0.4 is 4.74 Å². The number of non-ortho nitro benzene ring substituents is 1. The van der Waals surface area contributed by atoms with Gasteiger partial charge in [-0.25, -0.2) is 0 Å². The van der Waals surface area contributed by atoms with E-state index in [0.717, 1.165) is 0 Å². The monoisotopic (exact) mass is 329 g/mol. The zero-order chi connectivity index (χ0) is 13.1. The maximum atomic E-state index is 10.7. The lowest BCUT2D eigenvalue weighted by atomic mass is 10.3. The lowest BCUT2D eigenvalue weighted by Crippen LogP contribution is -1.93. The van der Waals surface area contributed by atoms with E-state index in [9.17, 15) is 10.1 Å². The van der Waals surface area contributed by atoms with Gasteiger partial charge in [0.15, 0.2) is 10.9 Å². The summed E-state index contributed by atoms with van der Waals surface area (Å²) < 4.78 is 5.95. The number of rotatable bonds is 3. The average Bonchev–Trinajstić information content (AvgIpc) is 2.34. The van der Waals surface area contributed by atoms with Crippen LogP contribution in [0.4, 0.5) is 5.69 Å². The molecule has 6 nitrogen and oxygen atoms in total. The van der Waals surface area contributed by atoms with Crippen LogP contribution in [0.1, 0.15) is 0 Å². The first-order chi connectivity index (χ1) is 8.56. The number of ether oxygens (including phenoxy) is 1. The molecular formula is C10H5BrClN3O3. The van der Waals surface area contributed by atoms with Gasteiger partial charge in [0, 0.05) is 12.1 Å². The van der Waals surface area contributed by atoms with Crippen LogP contribution >= 0.6 is 27.5 Å². The van der Waals surface area contributed by atoms with Crippen LogP contribution in [-0.4, -0.2) is 15.1 Å². The van der Waals surface area contributed by atoms with Gasteiger partial charge in [-0.2, -0.15) is 0 Å². The second kappa shape index (κ2) is 5.28. The summed E-state index contributed by atoms with van der Waals surface area (Å²) >= 11 is 8.81. The molecule has 0 amide bonds. The summed E-state index contributed by atoms with van der Waals surface area (Å²) in [6, 6.07) is 7.21. The van der Waals surface area contributed by atoms with E-state index >= 15 is 0 Å². The third-order valence-electron chi connectivity index (χ3n) is 1.95. The Kier molecular flexibility index (Phi) is 3.73. The Bertz CT molecular complexity index is 591. The Morgan fingerprint density at radius 3 is 2.67 bits per heavy atom. The van der Waals surface area contributed by atoms with Crippen molar-refractivity contribution < 1.29 is 9.66 Å². The molecular weight excluding hydrogens is 325 g/mol. The van der Waals surface area contributed by atoms with Gasteiger partial charge in [-0.1, -0.05) is 11.6 Å². The molecule has 2 rings (SSSR count). The quantitative estimate of drug-likeness (QED) is 0.635. The van der Waals surface area contributed by atoms with Crippen molar-refractivity contribution >= 4 is 33.2 Å². The number of nitro benzene ring substituents is 1. The number of hydrogen-bond acceptors (Lipinski definition) is 5. The molecule has 0 saturated carbocycles. The molecule has 0 aliphatic carbocycles. The summed E-state index contributed by atoms with van der Waals surface area (Å²) in [5, 5.41) is 18.2. The molecule has 18 heavy (non-hydrogen) atoms. The number of aromatic nitrogens is 2. The summed E-state index contributed by atoms with van der Waals surface area (Å²) in [6.07, 6.45) is 0. The minimum Gasteiger partial charge on any atom is -0.436 e. The number of hydrogen-bond donors (Lipinski definition) is 0.